The zero-order chi connectivity index (χ0) is 27.6. The van der Waals surface area contributed by atoms with Crippen LogP contribution in [0.3, 0.4) is 0 Å². The average Bonchev–Trinajstić information content (AvgIpc) is 2.75. The maximum atomic E-state index is 14.0. The molecule has 3 amide bonds. The number of aryl methyl sites for hydroxylation is 2. The van der Waals surface area contributed by atoms with Gasteiger partial charge in [0, 0.05) is 12.6 Å². The van der Waals surface area contributed by atoms with Gasteiger partial charge in [-0.25, -0.2) is 4.79 Å². The van der Waals surface area contributed by atoms with Gasteiger partial charge >= 0.3 is 6.09 Å². The molecule has 0 aliphatic rings. The molecular formula is C29H49N3O4. The second kappa shape index (κ2) is 14.2. The molecule has 7 nitrogen and oxygen atoms in total. The van der Waals surface area contributed by atoms with Gasteiger partial charge in [0.2, 0.25) is 11.8 Å². The first-order valence-electron chi connectivity index (χ1n) is 13.3. The first-order chi connectivity index (χ1) is 16.7. The van der Waals surface area contributed by atoms with E-state index in [0.717, 1.165) is 42.4 Å². The Kier molecular flexibility index (Phi) is 12.4. The molecular weight excluding hydrogens is 454 g/mol. The molecule has 1 aromatic carbocycles. The highest BCUT2D eigenvalue weighted by molar-refractivity contribution is 5.92. The lowest BCUT2D eigenvalue weighted by molar-refractivity contribution is -0.145. The summed E-state index contributed by atoms with van der Waals surface area (Å²) < 4.78 is 5.37. The fraction of sp³-hybridized carbons (Fsp3) is 0.690. The lowest BCUT2D eigenvalue weighted by Crippen LogP contribution is -2.54. The van der Waals surface area contributed by atoms with Gasteiger partial charge in [0.15, 0.2) is 0 Å². The molecule has 0 fully saturated rings. The normalized spacial score (nSPS) is 14.1. The minimum absolute atomic E-state index is 0.202. The maximum absolute atomic E-state index is 14.0. The van der Waals surface area contributed by atoms with Crippen molar-refractivity contribution < 1.29 is 19.1 Å². The predicted molar refractivity (Wildman–Crippen MR) is 146 cm³/mol. The third-order valence-corrected chi connectivity index (χ3v) is 6.08. The molecule has 0 radical (unpaired) electrons. The predicted octanol–water partition coefficient (Wildman–Crippen LogP) is 5.83. The monoisotopic (exact) mass is 503 g/mol. The Morgan fingerprint density at radius 1 is 1.03 bits per heavy atom. The second-order valence-corrected chi connectivity index (χ2v) is 11.3. The molecule has 0 saturated heterocycles. The Balaban J connectivity index is 3.49. The number of nitrogens with one attached hydrogen (secondary N) is 2. The Hall–Kier alpha value is -2.57. The van der Waals surface area contributed by atoms with E-state index in [2.05, 4.69) is 31.4 Å². The van der Waals surface area contributed by atoms with Crippen LogP contribution >= 0.6 is 0 Å². The molecule has 1 rings (SSSR count). The van der Waals surface area contributed by atoms with Gasteiger partial charge in [-0.3, -0.25) is 9.59 Å². The first-order valence-corrected chi connectivity index (χ1v) is 13.3. The van der Waals surface area contributed by atoms with Crippen LogP contribution in [-0.4, -0.2) is 47.0 Å². The van der Waals surface area contributed by atoms with E-state index in [1.165, 1.54) is 0 Å². The Morgan fingerprint density at radius 2 is 1.67 bits per heavy atom. The fourth-order valence-corrected chi connectivity index (χ4v) is 4.04. The lowest BCUT2D eigenvalue weighted by Gasteiger charge is -2.39. The molecule has 7 heteroatoms. The molecule has 3 atom stereocenters. The fourth-order valence-electron chi connectivity index (χ4n) is 4.04. The number of carbonyl (C=O) groups is 3. The second-order valence-electron chi connectivity index (χ2n) is 11.3. The highest BCUT2D eigenvalue weighted by atomic mass is 16.6. The van der Waals surface area contributed by atoms with Crippen molar-refractivity contribution in [3.05, 3.63) is 34.9 Å². The van der Waals surface area contributed by atoms with Gasteiger partial charge in [-0.05, 0) is 84.8 Å². The van der Waals surface area contributed by atoms with Crippen molar-refractivity contribution in [1.82, 2.24) is 15.5 Å². The van der Waals surface area contributed by atoms with Crippen LogP contribution in [0.1, 0.15) is 104 Å². The number of benzene rings is 1. The van der Waals surface area contributed by atoms with Gasteiger partial charge < -0.3 is 20.3 Å². The van der Waals surface area contributed by atoms with Gasteiger partial charge in [-0.2, -0.15) is 0 Å². The maximum Gasteiger partial charge on any atom is 0.408 e. The van der Waals surface area contributed by atoms with E-state index in [1.54, 1.807) is 32.6 Å². The van der Waals surface area contributed by atoms with E-state index < -0.39 is 23.8 Å². The van der Waals surface area contributed by atoms with Gasteiger partial charge in [0.05, 0.1) is 0 Å². The first kappa shape index (κ1) is 31.5. The van der Waals surface area contributed by atoms with Crippen LogP contribution < -0.4 is 10.6 Å². The van der Waals surface area contributed by atoms with E-state index in [-0.39, 0.29) is 17.9 Å². The summed E-state index contributed by atoms with van der Waals surface area (Å²) in [5.41, 5.74) is 2.08. The summed E-state index contributed by atoms with van der Waals surface area (Å²) in [5.74, 6) is -0.0562. The van der Waals surface area contributed by atoms with Crippen LogP contribution in [0, 0.1) is 19.8 Å². The zero-order valence-electron chi connectivity index (χ0n) is 24.2. The number of rotatable bonds is 12. The molecule has 36 heavy (non-hydrogen) atoms. The van der Waals surface area contributed by atoms with Crippen LogP contribution in [0.25, 0.3) is 0 Å². The minimum Gasteiger partial charge on any atom is -0.444 e. The van der Waals surface area contributed by atoms with Crippen LogP contribution in [-0.2, 0) is 14.3 Å². The number of unbranched alkanes of at least 4 members (excludes halogenated alkanes) is 1. The third-order valence-electron chi connectivity index (χ3n) is 6.08. The molecule has 0 aliphatic carbocycles. The van der Waals surface area contributed by atoms with E-state index >= 15 is 0 Å². The number of amides is 3. The zero-order valence-corrected chi connectivity index (χ0v) is 24.2. The van der Waals surface area contributed by atoms with Crippen molar-refractivity contribution in [1.29, 1.82) is 0 Å². The summed E-state index contributed by atoms with van der Waals surface area (Å²) in [4.78, 5) is 41.8. The summed E-state index contributed by atoms with van der Waals surface area (Å²) in [7, 11) is 0. The standard InChI is InChI=1S/C29H49N3O4/c1-11-12-17-30-26(33)25(24-18-20(4)14-15-21(24)5)32(22(6)16-13-19(2)3)27(34)23(7)31-28(35)36-29(8,9)10/h14-15,18-19,22-23,25H,11-13,16-17H2,1-10H3,(H,30,33)(H,31,35). The van der Waals surface area contributed by atoms with Crippen molar-refractivity contribution in [2.75, 3.05) is 6.54 Å². The molecule has 0 bridgehead atoms. The molecule has 0 aromatic heterocycles. The minimum atomic E-state index is -0.864. The third kappa shape index (κ3) is 10.2. The number of ether oxygens (including phenoxy) is 1. The number of alkyl carbamates (subject to hydrolysis) is 1. The van der Waals surface area contributed by atoms with Gasteiger partial charge in [-0.1, -0.05) is 51.0 Å². The van der Waals surface area contributed by atoms with Gasteiger partial charge in [0.1, 0.15) is 17.7 Å². The van der Waals surface area contributed by atoms with Crippen molar-refractivity contribution in [2.45, 2.75) is 119 Å². The quantitative estimate of drug-likeness (QED) is 0.352. The number of carbonyl (C=O) groups excluding carboxylic acids is 3. The Labute approximate surface area is 218 Å². The molecule has 0 saturated carbocycles. The summed E-state index contributed by atoms with van der Waals surface area (Å²) in [6, 6.07) is 4.09. The van der Waals surface area contributed by atoms with E-state index in [1.807, 2.05) is 39.0 Å². The van der Waals surface area contributed by atoms with Crippen molar-refractivity contribution in [2.24, 2.45) is 5.92 Å². The largest absolute Gasteiger partial charge is 0.444 e. The Bertz CT molecular complexity index is 876. The van der Waals surface area contributed by atoms with Crippen LogP contribution in [0.4, 0.5) is 4.79 Å². The van der Waals surface area contributed by atoms with Crippen molar-refractivity contribution in [3.63, 3.8) is 0 Å². The molecule has 0 aliphatic heterocycles. The lowest BCUT2D eigenvalue weighted by atomic mass is 9.93. The van der Waals surface area contributed by atoms with E-state index in [9.17, 15) is 14.4 Å². The summed E-state index contributed by atoms with van der Waals surface area (Å²) in [6.07, 6.45) is 2.81. The van der Waals surface area contributed by atoms with Crippen LogP contribution in [0.2, 0.25) is 0 Å². The number of nitrogens with zero attached hydrogens (tertiary/aromatic N) is 1. The van der Waals surface area contributed by atoms with Crippen molar-refractivity contribution >= 4 is 17.9 Å². The molecule has 1 aromatic rings. The van der Waals surface area contributed by atoms with Crippen LogP contribution in [0.5, 0.6) is 0 Å². The summed E-state index contributed by atoms with van der Waals surface area (Å²) in [5, 5.41) is 5.73. The van der Waals surface area contributed by atoms with Gasteiger partial charge in [0.25, 0.3) is 0 Å². The SMILES string of the molecule is CCCCNC(=O)C(c1cc(C)ccc1C)N(C(=O)C(C)NC(=O)OC(C)(C)C)C(C)CCC(C)C. The Morgan fingerprint density at radius 3 is 2.22 bits per heavy atom. The highest BCUT2D eigenvalue weighted by Crippen LogP contribution is 2.30. The molecule has 3 unspecified atom stereocenters. The molecule has 0 spiro atoms. The molecule has 204 valence electrons. The van der Waals surface area contributed by atoms with E-state index in [0.29, 0.717) is 12.5 Å². The van der Waals surface area contributed by atoms with E-state index in [4.69, 9.17) is 4.74 Å². The molecule has 2 N–H and O–H groups in total. The number of hydrogen-bond acceptors (Lipinski definition) is 4. The summed E-state index contributed by atoms with van der Waals surface area (Å²) in [6.45, 7) is 19.8. The topological polar surface area (TPSA) is 87.7 Å². The molecule has 0 heterocycles. The van der Waals surface area contributed by atoms with Crippen LogP contribution in [0.15, 0.2) is 18.2 Å². The van der Waals surface area contributed by atoms with Crippen molar-refractivity contribution in [3.8, 4) is 0 Å². The summed E-state index contributed by atoms with van der Waals surface area (Å²) >= 11 is 0. The average molecular weight is 504 g/mol. The van der Waals surface area contributed by atoms with Gasteiger partial charge in [-0.15, -0.1) is 0 Å². The smallest absolute Gasteiger partial charge is 0.408 e. The number of hydrogen-bond donors (Lipinski definition) is 2. The highest BCUT2D eigenvalue weighted by Gasteiger charge is 2.38.